The van der Waals surface area contributed by atoms with Crippen molar-refractivity contribution in [3.63, 3.8) is 0 Å². The minimum absolute atomic E-state index is 0.0911. The normalized spacial score (nSPS) is 24.0. The molecule has 2 aromatic heterocycles. The van der Waals surface area contributed by atoms with Crippen molar-refractivity contribution >= 4 is 51.5 Å². The predicted molar refractivity (Wildman–Crippen MR) is 156 cm³/mol. The van der Waals surface area contributed by atoms with Crippen LogP contribution in [0.1, 0.15) is 64.9 Å². The van der Waals surface area contributed by atoms with Crippen molar-refractivity contribution < 1.29 is 19.2 Å². The molecule has 0 spiro atoms. The Morgan fingerprint density at radius 3 is 2.64 bits per heavy atom. The molecule has 4 aliphatic rings. The Morgan fingerprint density at radius 2 is 1.86 bits per heavy atom. The maximum absolute atomic E-state index is 13.1. The number of imide groups is 2. The van der Waals surface area contributed by atoms with Gasteiger partial charge in [0.1, 0.15) is 6.04 Å². The van der Waals surface area contributed by atoms with Crippen LogP contribution in [0.2, 0.25) is 0 Å². The van der Waals surface area contributed by atoms with E-state index in [1.54, 1.807) is 24.4 Å². The largest absolute Gasteiger partial charge is 0.388 e. The van der Waals surface area contributed by atoms with Crippen molar-refractivity contribution in [3.8, 4) is 0 Å². The van der Waals surface area contributed by atoms with Crippen LogP contribution in [0.3, 0.4) is 0 Å². The predicted octanol–water partition coefficient (Wildman–Crippen LogP) is 3.22. The molecule has 0 radical (unpaired) electrons. The first kappa shape index (κ1) is 26.1. The van der Waals surface area contributed by atoms with Gasteiger partial charge in [0.25, 0.3) is 11.8 Å². The van der Waals surface area contributed by atoms with Crippen molar-refractivity contribution in [1.29, 1.82) is 5.41 Å². The lowest BCUT2D eigenvalue weighted by molar-refractivity contribution is -0.136. The quantitative estimate of drug-likeness (QED) is 0.197. The van der Waals surface area contributed by atoms with Crippen molar-refractivity contribution in [2.24, 2.45) is 11.8 Å². The number of anilines is 1. The summed E-state index contributed by atoms with van der Waals surface area (Å²) in [5, 5.41) is 19.0. The number of hydrogen-bond donors (Lipinski definition) is 5. The lowest BCUT2D eigenvalue weighted by atomic mass is 9.80. The van der Waals surface area contributed by atoms with Gasteiger partial charge < -0.3 is 21.0 Å². The van der Waals surface area contributed by atoms with Crippen molar-refractivity contribution in [1.82, 2.24) is 25.5 Å². The Labute approximate surface area is 241 Å². The zero-order valence-electron chi connectivity index (χ0n) is 22.9. The lowest BCUT2D eigenvalue weighted by Crippen LogP contribution is -2.54. The highest BCUT2D eigenvalue weighted by atomic mass is 16.2. The van der Waals surface area contributed by atoms with E-state index in [9.17, 15) is 19.2 Å². The molecule has 42 heavy (non-hydrogen) atoms. The highest BCUT2D eigenvalue weighted by Gasteiger charge is 2.44. The van der Waals surface area contributed by atoms with E-state index in [4.69, 9.17) is 5.41 Å². The standard InChI is InChI=1S/C31H31N7O4/c32-26(17-1-2-17)23(28-27-18(7-9-33-27)8-10-34-28)15-36-20-11-16(12-20)14-35-19-3-4-21-22(13-19)31(42)38(30(21)41)24-5-6-25(39)37-29(24)40/h3-4,7-10,13,15-17,20,24,32-33,35-36H,1-2,5-6,11-12,14H2,(H,37,39,40)/b23-15+,32-26?/t16-,20-,24?. The molecule has 1 atom stereocenters. The van der Waals surface area contributed by atoms with Crippen molar-refractivity contribution in [2.45, 2.75) is 50.6 Å². The fraction of sp³-hybridized carbons (Fsp3) is 0.355. The number of fused-ring (bicyclic) bond motifs is 2. The summed E-state index contributed by atoms with van der Waals surface area (Å²) in [7, 11) is 0. The molecule has 4 amide bonds. The summed E-state index contributed by atoms with van der Waals surface area (Å²) in [5.41, 5.74) is 4.51. The van der Waals surface area contributed by atoms with Gasteiger partial charge in [-0.25, -0.2) is 0 Å². The number of carbonyl (C=O) groups excluding carboxylic acids is 4. The molecule has 1 saturated heterocycles. The monoisotopic (exact) mass is 565 g/mol. The van der Waals surface area contributed by atoms with Gasteiger partial charge in [-0.3, -0.25) is 34.4 Å². The smallest absolute Gasteiger partial charge is 0.262 e. The highest BCUT2D eigenvalue weighted by Crippen LogP contribution is 2.37. The van der Waals surface area contributed by atoms with E-state index < -0.39 is 29.7 Å². The van der Waals surface area contributed by atoms with E-state index in [0.717, 1.165) is 58.4 Å². The third-order valence-electron chi connectivity index (χ3n) is 8.74. The van der Waals surface area contributed by atoms with Gasteiger partial charge in [-0.2, -0.15) is 0 Å². The summed E-state index contributed by atoms with van der Waals surface area (Å²) in [4.78, 5) is 58.7. The number of aromatic nitrogens is 2. The Bertz CT molecular complexity index is 1680. The minimum atomic E-state index is -0.972. The molecule has 2 saturated carbocycles. The fourth-order valence-corrected chi connectivity index (χ4v) is 6.13. The Morgan fingerprint density at radius 1 is 1.05 bits per heavy atom. The second-order valence-corrected chi connectivity index (χ2v) is 11.6. The second-order valence-electron chi connectivity index (χ2n) is 11.6. The molecule has 1 unspecified atom stereocenters. The average Bonchev–Trinajstić information content (AvgIpc) is 3.65. The number of amides is 4. The van der Waals surface area contributed by atoms with Crippen LogP contribution in [-0.4, -0.2) is 62.8 Å². The number of carbonyl (C=O) groups is 4. The van der Waals surface area contributed by atoms with Gasteiger partial charge >= 0.3 is 0 Å². The molecule has 1 aromatic carbocycles. The number of nitrogens with one attached hydrogen (secondary N) is 5. The summed E-state index contributed by atoms with van der Waals surface area (Å²) in [6.07, 6.45) is 9.89. The number of rotatable bonds is 9. The Kier molecular flexibility index (Phi) is 6.37. The van der Waals surface area contributed by atoms with Gasteiger partial charge in [0.05, 0.1) is 22.3 Å². The molecule has 4 heterocycles. The molecule has 3 aromatic rings. The molecular weight excluding hydrogens is 534 g/mol. The van der Waals surface area contributed by atoms with Crippen LogP contribution in [0.4, 0.5) is 5.69 Å². The van der Waals surface area contributed by atoms with Crippen LogP contribution in [0.5, 0.6) is 0 Å². The van der Waals surface area contributed by atoms with Crippen molar-refractivity contribution in [2.75, 3.05) is 11.9 Å². The van der Waals surface area contributed by atoms with Crippen LogP contribution in [-0.2, 0) is 9.59 Å². The zero-order valence-corrected chi connectivity index (χ0v) is 22.9. The number of H-pyrrole nitrogens is 1. The molecule has 2 aliphatic carbocycles. The molecule has 5 N–H and O–H groups in total. The highest BCUT2D eigenvalue weighted by molar-refractivity contribution is 6.26. The van der Waals surface area contributed by atoms with Crippen LogP contribution >= 0.6 is 0 Å². The molecule has 3 fully saturated rings. The summed E-state index contributed by atoms with van der Waals surface area (Å²) >= 11 is 0. The second kappa shape index (κ2) is 10.2. The zero-order chi connectivity index (χ0) is 29.0. The van der Waals surface area contributed by atoms with Gasteiger partial charge in [0.15, 0.2) is 0 Å². The molecule has 11 nitrogen and oxygen atoms in total. The number of pyridine rings is 1. The number of hydrogen-bond acceptors (Lipinski definition) is 8. The fourth-order valence-electron chi connectivity index (χ4n) is 6.13. The van der Waals surface area contributed by atoms with Crippen LogP contribution in [0, 0.1) is 17.2 Å². The van der Waals surface area contributed by atoms with E-state index >= 15 is 0 Å². The van der Waals surface area contributed by atoms with Crippen LogP contribution in [0.15, 0.2) is 48.9 Å². The van der Waals surface area contributed by atoms with Gasteiger partial charge in [0.2, 0.25) is 11.8 Å². The van der Waals surface area contributed by atoms with Gasteiger partial charge in [-0.15, -0.1) is 0 Å². The van der Waals surface area contributed by atoms with Crippen molar-refractivity contribution in [3.05, 3.63) is 65.7 Å². The Balaban J connectivity index is 0.964. The molecule has 214 valence electrons. The SMILES string of the molecule is N=C(/C(=C\N[C@H]1C[C@H](CNc2ccc3c(c2)C(=O)N(C2CCC(=O)NC2=O)C3=O)C1)c1nccc2cc[nH]c12)C1CC1. The van der Waals surface area contributed by atoms with Crippen LogP contribution in [0.25, 0.3) is 16.5 Å². The number of piperidine rings is 1. The first-order valence-electron chi connectivity index (χ1n) is 14.4. The summed E-state index contributed by atoms with van der Waals surface area (Å²) < 4.78 is 0. The first-order valence-corrected chi connectivity index (χ1v) is 14.4. The third kappa shape index (κ3) is 4.64. The number of benzene rings is 1. The van der Waals surface area contributed by atoms with E-state index in [0.29, 0.717) is 30.1 Å². The van der Waals surface area contributed by atoms with E-state index in [-0.39, 0.29) is 24.0 Å². The van der Waals surface area contributed by atoms with Gasteiger partial charge in [0, 0.05) is 65.9 Å². The maximum atomic E-state index is 13.1. The van der Waals surface area contributed by atoms with Crippen LogP contribution < -0.4 is 16.0 Å². The summed E-state index contributed by atoms with van der Waals surface area (Å²) in [6, 6.07) is 8.37. The molecule has 11 heteroatoms. The van der Waals surface area contributed by atoms with Gasteiger partial charge in [-0.05, 0) is 68.4 Å². The van der Waals surface area contributed by atoms with E-state index in [2.05, 4.69) is 25.9 Å². The summed E-state index contributed by atoms with van der Waals surface area (Å²) in [6.45, 7) is 0.716. The topological polar surface area (TPSA) is 160 Å². The number of allylic oxidation sites excluding steroid dienone is 1. The number of nitrogens with zero attached hydrogens (tertiary/aromatic N) is 2. The van der Waals surface area contributed by atoms with Gasteiger partial charge in [-0.1, -0.05) is 0 Å². The summed E-state index contributed by atoms with van der Waals surface area (Å²) in [5.74, 6) is -1.30. The number of aromatic amines is 1. The van der Waals surface area contributed by atoms with E-state index in [1.807, 2.05) is 24.5 Å². The molecule has 0 bridgehead atoms. The maximum Gasteiger partial charge on any atom is 0.262 e. The molecule has 7 rings (SSSR count). The third-order valence-corrected chi connectivity index (χ3v) is 8.74. The lowest BCUT2D eigenvalue weighted by Gasteiger charge is -2.36. The Hall–Kier alpha value is -4.80. The average molecular weight is 566 g/mol. The van der Waals surface area contributed by atoms with E-state index in [1.165, 1.54) is 0 Å². The first-order chi connectivity index (χ1) is 20.4. The molecular formula is C31H31N7O4. The minimum Gasteiger partial charge on any atom is -0.388 e. The molecule has 2 aliphatic heterocycles.